The summed E-state index contributed by atoms with van der Waals surface area (Å²) in [5.74, 6) is 0.856. The normalized spacial score (nSPS) is 11.0. The highest BCUT2D eigenvalue weighted by molar-refractivity contribution is 5.91. The Labute approximate surface area is 157 Å². The predicted molar refractivity (Wildman–Crippen MR) is 105 cm³/mol. The van der Waals surface area contributed by atoms with Crippen LogP contribution in [0.15, 0.2) is 16.7 Å². The van der Waals surface area contributed by atoms with Gasteiger partial charge in [0.05, 0.1) is 19.2 Å². The van der Waals surface area contributed by atoms with Crippen molar-refractivity contribution in [3.63, 3.8) is 0 Å². The fourth-order valence-electron chi connectivity index (χ4n) is 3.03. The lowest BCUT2D eigenvalue weighted by molar-refractivity contribution is -0.120. The van der Waals surface area contributed by atoms with Crippen LogP contribution >= 0.6 is 0 Å². The molecule has 8 nitrogen and oxygen atoms in total. The molecule has 0 aliphatic rings. The molecule has 0 bridgehead atoms. The summed E-state index contributed by atoms with van der Waals surface area (Å²) >= 11 is 0. The molecule has 1 amide bonds. The number of aromatic nitrogens is 3. The summed E-state index contributed by atoms with van der Waals surface area (Å²) in [4.78, 5) is 26.5. The number of benzene rings is 1. The second-order valence-electron chi connectivity index (χ2n) is 6.86. The van der Waals surface area contributed by atoms with Gasteiger partial charge in [0, 0.05) is 25.0 Å². The molecule has 3 N–H and O–H groups in total. The molecule has 0 spiro atoms. The van der Waals surface area contributed by atoms with Crippen molar-refractivity contribution >= 4 is 28.8 Å². The molecule has 0 aliphatic carbocycles. The lowest BCUT2D eigenvalue weighted by Crippen LogP contribution is -2.26. The van der Waals surface area contributed by atoms with E-state index < -0.39 is 0 Å². The number of nitrogens with zero attached hydrogens (tertiary/aromatic N) is 4. The third kappa shape index (κ3) is 3.84. The zero-order valence-corrected chi connectivity index (χ0v) is 16.3. The van der Waals surface area contributed by atoms with Crippen LogP contribution in [0.4, 0.5) is 11.9 Å². The number of rotatable bonds is 5. The standard InChI is InChI=1S/C19H24N6O2/c1-10-6-11(2)16-13(9-27-17(16)12(10)3)7-15(26)21-8-14-22-18(20)24-19(23-14)25(4)5/h6,9H,7-8H2,1-5H3,(H,21,26)(H2,20,22,23,24). The average Bonchev–Trinajstić information content (AvgIpc) is 3.01. The van der Waals surface area contributed by atoms with E-state index in [1.807, 2.05) is 27.9 Å². The van der Waals surface area contributed by atoms with Crippen molar-refractivity contribution in [1.82, 2.24) is 20.3 Å². The zero-order valence-electron chi connectivity index (χ0n) is 16.3. The van der Waals surface area contributed by atoms with Crippen LogP contribution in [0.5, 0.6) is 0 Å². The van der Waals surface area contributed by atoms with Gasteiger partial charge in [-0.1, -0.05) is 6.07 Å². The van der Waals surface area contributed by atoms with Crippen molar-refractivity contribution in [3.8, 4) is 0 Å². The molecule has 142 valence electrons. The molecule has 3 aromatic rings. The molecule has 8 heteroatoms. The van der Waals surface area contributed by atoms with E-state index in [0.717, 1.165) is 27.7 Å². The minimum Gasteiger partial charge on any atom is -0.464 e. The smallest absolute Gasteiger partial charge is 0.229 e. The van der Waals surface area contributed by atoms with Crippen LogP contribution in [0.3, 0.4) is 0 Å². The Morgan fingerprint density at radius 2 is 1.93 bits per heavy atom. The number of hydrogen-bond donors (Lipinski definition) is 2. The molecule has 0 saturated heterocycles. The van der Waals surface area contributed by atoms with Gasteiger partial charge in [-0.15, -0.1) is 0 Å². The van der Waals surface area contributed by atoms with Crippen LogP contribution in [-0.4, -0.2) is 35.0 Å². The van der Waals surface area contributed by atoms with Gasteiger partial charge < -0.3 is 20.4 Å². The third-order valence-corrected chi connectivity index (χ3v) is 4.51. The van der Waals surface area contributed by atoms with E-state index in [2.05, 4.69) is 33.3 Å². The van der Waals surface area contributed by atoms with Crippen molar-refractivity contribution in [3.05, 3.63) is 40.4 Å². The SMILES string of the molecule is Cc1cc(C)c2c(CC(=O)NCc3nc(N)nc(N(C)C)n3)coc2c1C. The lowest BCUT2D eigenvalue weighted by Gasteiger charge is -2.11. The van der Waals surface area contributed by atoms with E-state index in [1.54, 1.807) is 11.2 Å². The number of anilines is 2. The third-order valence-electron chi connectivity index (χ3n) is 4.51. The number of hydrogen-bond acceptors (Lipinski definition) is 7. The summed E-state index contributed by atoms with van der Waals surface area (Å²) in [6.45, 7) is 6.29. The number of carbonyl (C=O) groups is 1. The number of amides is 1. The molecule has 0 atom stereocenters. The number of aryl methyl sites for hydroxylation is 3. The van der Waals surface area contributed by atoms with E-state index in [-0.39, 0.29) is 24.8 Å². The monoisotopic (exact) mass is 368 g/mol. The van der Waals surface area contributed by atoms with Gasteiger partial charge in [-0.25, -0.2) is 0 Å². The molecule has 0 aliphatic heterocycles. The topological polar surface area (TPSA) is 110 Å². The summed E-state index contributed by atoms with van der Waals surface area (Å²) < 4.78 is 5.73. The van der Waals surface area contributed by atoms with Gasteiger partial charge in [0.25, 0.3) is 0 Å². The highest BCUT2D eigenvalue weighted by atomic mass is 16.3. The van der Waals surface area contributed by atoms with Crippen LogP contribution in [0.2, 0.25) is 0 Å². The van der Waals surface area contributed by atoms with Gasteiger partial charge in [0.15, 0.2) is 5.82 Å². The Balaban J connectivity index is 1.74. The van der Waals surface area contributed by atoms with E-state index in [0.29, 0.717) is 11.8 Å². The molecule has 2 heterocycles. The second kappa shape index (κ2) is 7.22. The van der Waals surface area contributed by atoms with Crippen molar-refractivity contribution in [1.29, 1.82) is 0 Å². The molecule has 1 aromatic carbocycles. The van der Waals surface area contributed by atoms with Crippen molar-refractivity contribution in [2.24, 2.45) is 0 Å². The van der Waals surface area contributed by atoms with E-state index in [1.165, 1.54) is 5.56 Å². The summed E-state index contributed by atoms with van der Waals surface area (Å²) in [7, 11) is 3.63. The summed E-state index contributed by atoms with van der Waals surface area (Å²) in [5, 5.41) is 3.84. The van der Waals surface area contributed by atoms with Crippen molar-refractivity contribution in [2.75, 3.05) is 24.7 Å². The summed E-state index contributed by atoms with van der Waals surface area (Å²) in [6.07, 6.45) is 1.88. The minimum atomic E-state index is -0.138. The van der Waals surface area contributed by atoms with E-state index in [4.69, 9.17) is 10.2 Å². The van der Waals surface area contributed by atoms with Crippen LogP contribution in [0, 0.1) is 20.8 Å². The van der Waals surface area contributed by atoms with E-state index >= 15 is 0 Å². The Morgan fingerprint density at radius 1 is 1.19 bits per heavy atom. The molecular formula is C19H24N6O2. The van der Waals surface area contributed by atoms with Gasteiger partial charge >= 0.3 is 0 Å². The lowest BCUT2D eigenvalue weighted by atomic mass is 9.99. The van der Waals surface area contributed by atoms with Crippen molar-refractivity contribution < 1.29 is 9.21 Å². The second-order valence-corrected chi connectivity index (χ2v) is 6.86. The van der Waals surface area contributed by atoms with Gasteiger partial charge in [0.2, 0.25) is 17.8 Å². The highest BCUT2D eigenvalue weighted by Crippen LogP contribution is 2.30. The maximum atomic E-state index is 12.4. The number of furan rings is 1. The number of carbonyl (C=O) groups excluding carboxylic acids is 1. The van der Waals surface area contributed by atoms with Gasteiger partial charge in [-0.05, 0) is 37.5 Å². The molecule has 0 saturated carbocycles. The molecule has 2 aromatic heterocycles. The first kappa shape index (κ1) is 18.6. The summed E-state index contributed by atoms with van der Waals surface area (Å²) in [5.41, 5.74) is 10.8. The number of nitrogen functional groups attached to an aromatic ring is 1. The van der Waals surface area contributed by atoms with Crippen LogP contribution in [0.1, 0.15) is 28.1 Å². The number of nitrogens with two attached hydrogens (primary N) is 1. The maximum absolute atomic E-state index is 12.4. The first-order valence-corrected chi connectivity index (χ1v) is 8.67. The largest absolute Gasteiger partial charge is 0.464 e. The van der Waals surface area contributed by atoms with E-state index in [9.17, 15) is 4.79 Å². The van der Waals surface area contributed by atoms with Crippen LogP contribution in [0.25, 0.3) is 11.0 Å². The van der Waals surface area contributed by atoms with Gasteiger partial charge in [-0.2, -0.15) is 15.0 Å². The first-order valence-electron chi connectivity index (χ1n) is 8.67. The van der Waals surface area contributed by atoms with Gasteiger partial charge in [-0.3, -0.25) is 4.79 Å². The van der Waals surface area contributed by atoms with Crippen molar-refractivity contribution in [2.45, 2.75) is 33.7 Å². The number of fused-ring (bicyclic) bond motifs is 1. The Bertz CT molecular complexity index is 1010. The molecule has 27 heavy (non-hydrogen) atoms. The van der Waals surface area contributed by atoms with Crippen LogP contribution in [-0.2, 0) is 17.8 Å². The Hall–Kier alpha value is -3.16. The molecule has 0 fully saturated rings. The average molecular weight is 368 g/mol. The predicted octanol–water partition coefficient (Wildman–Crippen LogP) is 2.05. The first-order chi connectivity index (χ1) is 12.8. The zero-order chi connectivity index (χ0) is 19.7. The molecule has 3 rings (SSSR count). The fourth-order valence-corrected chi connectivity index (χ4v) is 3.03. The quantitative estimate of drug-likeness (QED) is 0.709. The minimum absolute atomic E-state index is 0.125. The maximum Gasteiger partial charge on any atom is 0.229 e. The summed E-state index contributed by atoms with van der Waals surface area (Å²) in [6, 6.07) is 2.12. The fraction of sp³-hybridized carbons (Fsp3) is 0.368. The molecule has 0 unspecified atom stereocenters. The van der Waals surface area contributed by atoms with Crippen LogP contribution < -0.4 is 16.0 Å². The molecular weight excluding hydrogens is 344 g/mol. The Morgan fingerprint density at radius 3 is 2.63 bits per heavy atom. The Kier molecular flexibility index (Phi) is 4.98. The molecule has 0 radical (unpaired) electrons. The van der Waals surface area contributed by atoms with Gasteiger partial charge in [0.1, 0.15) is 5.58 Å². The highest BCUT2D eigenvalue weighted by Gasteiger charge is 2.16. The number of nitrogens with one attached hydrogen (secondary N) is 1.